The highest BCUT2D eigenvalue weighted by Gasteiger charge is 2.26. The van der Waals surface area contributed by atoms with Crippen LogP contribution in [0, 0.1) is 0 Å². The van der Waals surface area contributed by atoms with E-state index in [0.29, 0.717) is 17.0 Å². The summed E-state index contributed by atoms with van der Waals surface area (Å²) < 4.78 is 4.83. The molecule has 21 heavy (non-hydrogen) atoms. The highest BCUT2D eigenvalue weighted by atomic mass is 32.1. The van der Waals surface area contributed by atoms with Crippen LogP contribution in [0.5, 0.6) is 0 Å². The zero-order valence-electron chi connectivity index (χ0n) is 11.9. The van der Waals surface area contributed by atoms with Crippen molar-refractivity contribution in [2.75, 3.05) is 11.9 Å². The third-order valence-electron chi connectivity index (χ3n) is 3.24. The van der Waals surface area contributed by atoms with Crippen LogP contribution >= 0.6 is 11.3 Å². The number of thiophene rings is 1. The second kappa shape index (κ2) is 6.71. The summed E-state index contributed by atoms with van der Waals surface area (Å²) in [6.07, 6.45) is 3.68. The van der Waals surface area contributed by atoms with Crippen LogP contribution in [0.15, 0.2) is 0 Å². The maximum Gasteiger partial charge on any atom is 0.306 e. The van der Waals surface area contributed by atoms with Gasteiger partial charge in [0, 0.05) is 11.3 Å². The van der Waals surface area contributed by atoms with Gasteiger partial charge in [0.05, 0.1) is 5.56 Å². The van der Waals surface area contributed by atoms with Crippen molar-refractivity contribution in [3.8, 4) is 0 Å². The molecular weight excluding hydrogens is 292 g/mol. The maximum atomic E-state index is 11.8. The molecule has 0 saturated carbocycles. The Balaban J connectivity index is 2.01. The fraction of sp³-hybridized carbons (Fsp3) is 0.500. The minimum Gasteiger partial charge on any atom is -0.456 e. The molecule has 0 unspecified atom stereocenters. The molecule has 1 aromatic rings. The van der Waals surface area contributed by atoms with E-state index >= 15 is 0 Å². The number of anilines is 1. The van der Waals surface area contributed by atoms with Gasteiger partial charge in [-0.1, -0.05) is 6.92 Å². The fourth-order valence-corrected chi connectivity index (χ4v) is 3.65. The summed E-state index contributed by atoms with van der Waals surface area (Å²) in [4.78, 5) is 35.7. The first-order valence-corrected chi connectivity index (χ1v) is 7.74. The Morgan fingerprint density at radius 3 is 2.76 bits per heavy atom. The lowest BCUT2D eigenvalue weighted by atomic mass is 10.1. The normalized spacial score (nSPS) is 12.8. The van der Waals surface area contributed by atoms with Gasteiger partial charge in [-0.3, -0.25) is 14.4 Å². The van der Waals surface area contributed by atoms with Gasteiger partial charge in [0.2, 0.25) is 0 Å². The van der Waals surface area contributed by atoms with E-state index in [-0.39, 0.29) is 13.0 Å². The molecule has 1 heterocycles. The molecule has 0 aliphatic heterocycles. The molecule has 0 spiro atoms. The SMILES string of the molecule is CCCC(=O)OCC(=O)Nc1sc2c(c1C(N)=O)CCC2. The van der Waals surface area contributed by atoms with Crippen LogP contribution in [0.2, 0.25) is 0 Å². The van der Waals surface area contributed by atoms with Gasteiger partial charge in [-0.05, 0) is 31.2 Å². The zero-order chi connectivity index (χ0) is 15.4. The van der Waals surface area contributed by atoms with Gasteiger partial charge < -0.3 is 15.8 Å². The summed E-state index contributed by atoms with van der Waals surface area (Å²) in [5, 5.41) is 3.08. The molecule has 1 aliphatic rings. The zero-order valence-corrected chi connectivity index (χ0v) is 12.7. The summed E-state index contributed by atoms with van der Waals surface area (Å²) in [6, 6.07) is 0. The van der Waals surface area contributed by atoms with Crippen molar-refractivity contribution in [2.45, 2.75) is 39.0 Å². The van der Waals surface area contributed by atoms with Crippen molar-refractivity contribution in [3.63, 3.8) is 0 Å². The van der Waals surface area contributed by atoms with Crippen LogP contribution in [-0.4, -0.2) is 24.4 Å². The Kier molecular flexibility index (Phi) is 4.95. The second-order valence-corrected chi connectivity index (χ2v) is 5.99. The Hall–Kier alpha value is -1.89. The molecule has 0 bridgehead atoms. The van der Waals surface area contributed by atoms with Gasteiger partial charge in [0.25, 0.3) is 11.8 Å². The minimum atomic E-state index is -0.535. The van der Waals surface area contributed by atoms with Gasteiger partial charge in [-0.2, -0.15) is 0 Å². The number of rotatable bonds is 6. The number of primary amides is 1. The maximum absolute atomic E-state index is 11.8. The van der Waals surface area contributed by atoms with Gasteiger partial charge in [-0.25, -0.2) is 0 Å². The number of ether oxygens (including phenoxy) is 1. The first kappa shape index (κ1) is 15.5. The second-order valence-electron chi connectivity index (χ2n) is 4.88. The van der Waals surface area contributed by atoms with Gasteiger partial charge in [0.15, 0.2) is 6.61 Å². The lowest BCUT2D eigenvalue weighted by molar-refractivity contribution is -0.147. The van der Waals surface area contributed by atoms with E-state index in [2.05, 4.69) is 5.32 Å². The van der Waals surface area contributed by atoms with Crippen LogP contribution in [-0.2, 0) is 27.2 Å². The number of nitrogens with two attached hydrogens (primary N) is 1. The Morgan fingerprint density at radius 2 is 2.10 bits per heavy atom. The summed E-state index contributed by atoms with van der Waals surface area (Å²) in [5.74, 6) is -1.40. The molecule has 1 aliphatic carbocycles. The van der Waals surface area contributed by atoms with E-state index < -0.39 is 17.8 Å². The number of aryl methyl sites for hydroxylation is 1. The molecule has 0 radical (unpaired) electrons. The van der Waals surface area contributed by atoms with Crippen molar-refractivity contribution >= 4 is 34.1 Å². The minimum absolute atomic E-state index is 0.285. The summed E-state index contributed by atoms with van der Waals surface area (Å²) >= 11 is 1.38. The molecule has 3 N–H and O–H groups in total. The van der Waals surface area contributed by atoms with Crippen LogP contribution in [0.1, 0.15) is 47.0 Å². The number of nitrogens with one attached hydrogen (secondary N) is 1. The van der Waals surface area contributed by atoms with Gasteiger partial charge in [-0.15, -0.1) is 11.3 Å². The first-order valence-electron chi connectivity index (χ1n) is 6.92. The molecule has 1 aromatic heterocycles. The predicted molar refractivity (Wildman–Crippen MR) is 79.4 cm³/mol. The largest absolute Gasteiger partial charge is 0.456 e. The highest BCUT2D eigenvalue weighted by molar-refractivity contribution is 7.17. The van der Waals surface area contributed by atoms with Crippen molar-refractivity contribution in [2.24, 2.45) is 5.73 Å². The lowest BCUT2D eigenvalue weighted by Gasteiger charge is -2.06. The quantitative estimate of drug-likeness (QED) is 0.780. The number of hydrogen-bond acceptors (Lipinski definition) is 5. The van der Waals surface area contributed by atoms with Crippen LogP contribution in [0.25, 0.3) is 0 Å². The van der Waals surface area contributed by atoms with E-state index in [4.69, 9.17) is 10.5 Å². The van der Waals surface area contributed by atoms with Crippen molar-refractivity contribution in [1.29, 1.82) is 0 Å². The summed E-state index contributed by atoms with van der Waals surface area (Å²) in [6.45, 7) is 1.51. The van der Waals surface area contributed by atoms with E-state index in [1.54, 1.807) is 0 Å². The molecule has 114 valence electrons. The van der Waals surface area contributed by atoms with Crippen LogP contribution in [0.4, 0.5) is 5.00 Å². The van der Waals surface area contributed by atoms with E-state index in [9.17, 15) is 14.4 Å². The molecule has 0 saturated heterocycles. The summed E-state index contributed by atoms with van der Waals surface area (Å²) in [5.41, 5.74) is 6.75. The molecule has 0 aromatic carbocycles. The highest BCUT2D eigenvalue weighted by Crippen LogP contribution is 2.38. The van der Waals surface area contributed by atoms with Gasteiger partial charge >= 0.3 is 5.97 Å². The van der Waals surface area contributed by atoms with Gasteiger partial charge in [0.1, 0.15) is 5.00 Å². The average molecular weight is 310 g/mol. The predicted octanol–water partition coefficient (Wildman–Crippen LogP) is 1.62. The summed E-state index contributed by atoms with van der Waals surface area (Å²) in [7, 11) is 0. The lowest BCUT2D eigenvalue weighted by Crippen LogP contribution is -2.22. The van der Waals surface area contributed by atoms with Crippen molar-refractivity contribution in [3.05, 3.63) is 16.0 Å². The standard InChI is InChI=1S/C14H18N2O4S/c1-2-4-11(18)20-7-10(17)16-14-12(13(15)19)8-5-3-6-9(8)21-14/h2-7H2,1H3,(H2,15,19)(H,16,17). The molecular formula is C14H18N2O4S. The van der Waals surface area contributed by atoms with Crippen LogP contribution < -0.4 is 11.1 Å². The molecule has 0 fully saturated rings. The number of carbonyl (C=O) groups excluding carboxylic acids is 3. The number of carbonyl (C=O) groups is 3. The third kappa shape index (κ3) is 3.60. The Labute approximate surface area is 126 Å². The molecule has 2 amide bonds. The van der Waals surface area contributed by atoms with E-state index in [0.717, 1.165) is 29.7 Å². The number of esters is 1. The number of hydrogen-bond donors (Lipinski definition) is 2. The Bertz CT molecular complexity index is 580. The monoisotopic (exact) mass is 310 g/mol. The van der Waals surface area contributed by atoms with Crippen molar-refractivity contribution < 1.29 is 19.1 Å². The molecule has 2 rings (SSSR count). The van der Waals surface area contributed by atoms with Crippen LogP contribution in [0.3, 0.4) is 0 Å². The number of fused-ring (bicyclic) bond motifs is 1. The van der Waals surface area contributed by atoms with Crippen molar-refractivity contribution in [1.82, 2.24) is 0 Å². The smallest absolute Gasteiger partial charge is 0.306 e. The van der Waals surface area contributed by atoms with E-state index in [1.165, 1.54) is 11.3 Å². The third-order valence-corrected chi connectivity index (χ3v) is 4.45. The molecule has 7 heteroatoms. The topological polar surface area (TPSA) is 98.5 Å². The average Bonchev–Trinajstić information content (AvgIpc) is 2.96. The Morgan fingerprint density at radius 1 is 1.33 bits per heavy atom. The van der Waals surface area contributed by atoms with E-state index in [1.807, 2.05) is 6.92 Å². The molecule has 6 nitrogen and oxygen atoms in total. The first-order chi connectivity index (χ1) is 10.0. The molecule has 0 atom stereocenters. The number of amides is 2. The fourth-order valence-electron chi connectivity index (χ4n) is 2.34.